The van der Waals surface area contributed by atoms with Crippen LogP contribution in [-0.2, 0) is 9.47 Å². The molecule has 0 saturated heterocycles. The Kier molecular flexibility index (Phi) is 5.95. The minimum absolute atomic E-state index is 0.00239. The van der Waals surface area contributed by atoms with E-state index in [2.05, 4.69) is 6.58 Å². The molecule has 21 heavy (non-hydrogen) atoms. The number of aromatic carboxylic acids is 1. The molecule has 0 bridgehead atoms. The number of hydrogen-bond donors (Lipinski definition) is 1. The summed E-state index contributed by atoms with van der Waals surface area (Å²) in [6.07, 6.45) is 4.62. The molecule has 0 atom stereocenters. The van der Waals surface area contributed by atoms with E-state index in [0.717, 1.165) is 0 Å². The van der Waals surface area contributed by atoms with Crippen molar-refractivity contribution in [2.75, 3.05) is 7.11 Å². The van der Waals surface area contributed by atoms with Crippen LogP contribution in [0.15, 0.2) is 60.6 Å². The van der Waals surface area contributed by atoms with Crippen LogP contribution in [0.4, 0.5) is 0 Å². The fraction of sp³-hybridized carbons (Fsp3) is 0.125. The molecule has 0 aromatic heterocycles. The summed E-state index contributed by atoms with van der Waals surface area (Å²) in [7, 11) is 1.49. The van der Waals surface area contributed by atoms with Crippen molar-refractivity contribution in [2.24, 2.45) is 0 Å². The van der Waals surface area contributed by atoms with Crippen molar-refractivity contribution in [2.45, 2.75) is 6.92 Å². The van der Waals surface area contributed by atoms with Crippen LogP contribution in [-0.4, -0.2) is 24.2 Å². The van der Waals surface area contributed by atoms with Crippen LogP contribution in [0.5, 0.6) is 0 Å². The fourth-order valence-corrected chi connectivity index (χ4v) is 1.50. The molecule has 0 spiro atoms. The van der Waals surface area contributed by atoms with E-state index in [-0.39, 0.29) is 11.1 Å². The third-order valence-electron chi connectivity index (χ3n) is 2.55. The van der Waals surface area contributed by atoms with Crippen molar-refractivity contribution in [3.63, 3.8) is 0 Å². The summed E-state index contributed by atoms with van der Waals surface area (Å²) in [4.78, 5) is 23.0. The maximum atomic E-state index is 12.0. The zero-order valence-corrected chi connectivity index (χ0v) is 11.8. The maximum Gasteiger partial charge on any atom is 0.344 e. The number of allylic oxidation sites excluding steroid dienone is 4. The van der Waals surface area contributed by atoms with Crippen LogP contribution < -0.4 is 0 Å². The molecule has 1 aromatic carbocycles. The van der Waals surface area contributed by atoms with Crippen molar-refractivity contribution in [3.8, 4) is 0 Å². The standard InChI is InChI=1S/C16H16O5/c1-4-12(20-3)10-9-11(2)21-16(19)14-8-6-5-7-13(14)15(17)18/h4-10H,1H2,2-3H3,(H,17,18)/b11-9+,12-10+. The number of ether oxygens (including phenoxy) is 2. The predicted octanol–water partition coefficient (Wildman–Crippen LogP) is 3.16. The monoisotopic (exact) mass is 288 g/mol. The second-order valence-electron chi connectivity index (χ2n) is 3.99. The molecule has 0 aliphatic rings. The second-order valence-corrected chi connectivity index (χ2v) is 3.99. The van der Waals surface area contributed by atoms with Gasteiger partial charge in [-0.3, -0.25) is 0 Å². The van der Waals surface area contributed by atoms with Gasteiger partial charge in [0, 0.05) is 0 Å². The van der Waals surface area contributed by atoms with E-state index in [9.17, 15) is 9.59 Å². The van der Waals surface area contributed by atoms with Crippen molar-refractivity contribution in [1.29, 1.82) is 0 Å². The number of methoxy groups -OCH3 is 1. The quantitative estimate of drug-likeness (QED) is 0.494. The van der Waals surface area contributed by atoms with E-state index in [1.54, 1.807) is 25.1 Å². The summed E-state index contributed by atoms with van der Waals surface area (Å²) >= 11 is 0. The van der Waals surface area contributed by atoms with Gasteiger partial charge >= 0.3 is 11.9 Å². The second kappa shape index (κ2) is 7.69. The minimum Gasteiger partial charge on any atom is -0.497 e. The van der Waals surface area contributed by atoms with E-state index < -0.39 is 11.9 Å². The Hall–Kier alpha value is -2.82. The normalized spacial score (nSPS) is 11.7. The molecule has 0 fully saturated rings. The zero-order valence-electron chi connectivity index (χ0n) is 11.8. The summed E-state index contributed by atoms with van der Waals surface area (Å²) in [5.74, 6) is -1.10. The molecule has 0 heterocycles. The van der Waals surface area contributed by atoms with Gasteiger partial charge in [0.05, 0.1) is 18.2 Å². The van der Waals surface area contributed by atoms with E-state index in [1.807, 2.05) is 0 Å². The summed E-state index contributed by atoms with van der Waals surface area (Å²) in [6, 6.07) is 5.86. The lowest BCUT2D eigenvalue weighted by Gasteiger charge is -2.06. The number of carboxylic acid groups (broad SMARTS) is 1. The Balaban J connectivity index is 2.92. The number of rotatable bonds is 6. The highest BCUT2D eigenvalue weighted by Crippen LogP contribution is 2.12. The molecular weight excluding hydrogens is 272 g/mol. The van der Waals surface area contributed by atoms with E-state index in [0.29, 0.717) is 11.5 Å². The summed E-state index contributed by atoms with van der Waals surface area (Å²) in [5.41, 5.74) is -0.105. The van der Waals surface area contributed by atoms with Crippen LogP contribution in [0.1, 0.15) is 27.6 Å². The van der Waals surface area contributed by atoms with E-state index >= 15 is 0 Å². The van der Waals surface area contributed by atoms with Gasteiger partial charge in [-0.2, -0.15) is 0 Å². The third kappa shape index (κ3) is 4.65. The van der Waals surface area contributed by atoms with Crippen LogP contribution >= 0.6 is 0 Å². The van der Waals surface area contributed by atoms with Gasteiger partial charge in [-0.25, -0.2) is 9.59 Å². The molecular formula is C16H16O5. The Morgan fingerprint density at radius 2 is 1.81 bits per heavy atom. The summed E-state index contributed by atoms with van der Waals surface area (Å²) in [6.45, 7) is 5.13. The molecule has 1 N–H and O–H groups in total. The molecule has 0 unspecified atom stereocenters. The van der Waals surface area contributed by atoms with Gasteiger partial charge in [0.15, 0.2) is 0 Å². The van der Waals surface area contributed by atoms with Crippen LogP contribution in [0.25, 0.3) is 0 Å². The molecule has 5 nitrogen and oxygen atoms in total. The van der Waals surface area contributed by atoms with Gasteiger partial charge in [0.25, 0.3) is 0 Å². The molecule has 0 aliphatic carbocycles. The first kappa shape index (κ1) is 16.2. The number of hydrogen-bond acceptors (Lipinski definition) is 4. The van der Waals surface area contributed by atoms with Gasteiger partial charge < -0.3 is 14.6 Å². The lowest BCUT2D eigenvalue weighted by atomic mass is 10.1. The van der Waals surface area contributed by atoms with Crippen molar-refractivity contribution < 1.29 is 24.2 Å². The smallest absolute Gasteiger partial charge is 0.344 e. The lowest BCUT2D eigenvalue weighted by molar-refractivity contribution is 0.0603. The molecule has 0 radical (unpaired) electrons. The highest BCUT2D eigenvalue weighted by atomic mass is 16.5. The first-order chi connectivity index (χ1) is 9.99. The van der Waals surface area contributed by atoms with Gasteiger partial charge in [-0.05, 0) is 37.3 Å². The molecule has 0 saturated carbocycles. The zero-order chi connectivity index (χ0) is 15.8. The average Bonchev–Trinajstić information content (AvgIpc) is 2.48. The van der Waals surface area contributed by atoms with Crippen LogP contribution in [0, 0.1) is 0 Å². The predicted molar refractivity (Wildman–Crippen MR) is 77.9 cm³/mol. The highest BCUT2D eigenvalue weighted by molar-refractivity contribution is 6.02. The van der Waals surface area contributed by atoms with Crippen molar-refractivity contribution in [1.82, 2.24) is 0 Å². The summed E-state index contributed by atoms with van der Waals surface area (Å²) < 4.78 is 10.1. The minimum atomic E-state index is -1.18. The van der Waals surface area contributed by atoms with Crippen LogP contribution in [0.2, 0.25) is 0 Å². The Bertz CT molecular complexity index is 611. The van der Waals surface area contributed by atoms with Gasteiger partial charge in [0.1, 0.15) is 11.5 Å². The van der Waals surface area contributed by atoms with Gasteiger partial charge in [-0.1, -0.05) is 18.7 Å². The number of esters is 1. The number of carbonyl (C=O) groups is 2. The molecule has 1 aromatic rings. The first-order valence-corrected chi connectivity index (χ1v) is 6.09. The topological polar surface area (TPSA) is 72.8 Å². The van der Waals surface area contributed by atoms with E-state index in [1.165, 1.54) is 31.4 Å². The maximum absolute atomic E-state index is 12.0. The highest BCUT2D eigenvalue weighted by Gasteiger charge is 2.17. The Morgan fingerprint density at radius 3 is 2.33 bits per heavy atom. The van der Waals surface area contributed by atoms with E-state index in [4.69, 9.17) is 14.6 Å². The Morgan fingerprint density at radius 1 is 1.19 bits per heavy atom. The third-order valence-corrected chi connectivity index (χ3v) is 2.55. The largest absolute Gasteiger partial charge is 0.497 e. The first-order valence-electron chi connectivity index (χ1n) is 6.09. The number of benzene rings is 1. The molecule has 0 aliphatic heterocycles. The average molecular weight is 288 g/mol. The number of carboxylic acids is 1. The number of carbonyl (C=O) groups excluding carboxylic acids is 1. The summed E-state index contributed by atoms with van der Waals surface area (Å²) in [5, 5.41) is 9.03. The van der Waals surface area contributed by atoms with Gasteiger partial charge in [-0.15, -0.1) is 0 Å². The molecule has 110 valence electrons. The lowest BCUT2D eigenvalue weighted by Crippen LogP contribution is -2.10. The molecule has 0 amide bonds. The van der Waals surface area contributed by atoms with Gasteiger partial charge in [0.2, 0.25) is 0 Å². The van der Waals surface area contributed by atoms with Crippen molar-refractivity contribution in [3.05, 3.63) is 71.7 Å². The Labute approximate surface area is 122 Å². The SMILES string of the molecule is C=C/C(=C\C=C(/C)OC(=O)c1ccccc1C(=O)O)OC. The van der Waals surface area contributed by atoms with Crippen LogP contribution in [0.3, 0.4) is 0 Å². The fourth-order valence-electron chi connectivity index (χ4n) is 1.50. The van der Waals surface area contributed by atoms with Crippen molar-refractivity contribution >= 4 is 11.9 Å². The molecule has 1 rings (SSSR count). The molecule has 5 heteroatoms.